The summed E-state index contributed by atoms with van der Waals surface area (Å²) in [5.41, 5.74) is 2.41. The summed E-state index contributed by atoms with van der Waals surface area (Å²) in [6.07, 6.45) is -3.54. The number of fused-ring (bicyclic) bond motifs is 1. The van der Waals surface area contributed by atoms with E-state index < -0.39 is 17.6 Å². The molecule has 1 N–H and O–H groups in total. The minimum absolute atomic E-state index is 0.00145. The van der Waals surface area contributed by atoms with Crippen LogP contribution in [0.3, 0.4) is 0 Å². The fourth-order valence-corrected chi connectivity index (χ4v) is 3.43. The molecule has 0 unspecified atom stereocenters. The van der Waals surface area contributed by atoms with Crippen molar-refractivity contribution >= 4 is 11.6 Å². The van der Waals surface area contributed by atoms with Gasteiger partial charge in [0.25, 0.3) is 5.91 Å². The van der Waals surface area contributed by atoms with E-state index in [1.165, 1.54) is 17.7 Å². The van der Waals surface area contributed by atoms with E-state index >= 15 is 0 Å². The summed E-state index contributed by atoms with van der Waals surface area (Å²) >= 11 is 0. The average molecular weight is 376 g/mol. The maximum absolute atomic E-state index is 13.4. The van der Waals surface area contributed by atoms with Gasteiger partial charge in [-0.1, -0.05) is 26.0 Å². The van der Waals surface area contributed by atoms with Gasteiger partial charge in [0.15, 0.2) is 0 Å². The van der Waals surface area contributed by atoms with Crippen LogP contribution in [0.4, 0.5) is 18.9 Å². The zero-order valence-corrected chi connectivity index (χ0v) is 15.7. The Morgan fingerprint density at radius 1 is 1.11 bits per heavy atom. The molecule has 0 spiro atoms. The number of nitrogens with one attached hydrogen (secondary N) is 1. The Morgan fingerprint density at radius 3 is 2.52 bits per heavy atom. The van der Waals surface area contributed by atoms with E-state index in [4.69, 9.17) is 0 Å². The predicted octanol–water partition coefficient (Wildman–Crippen LogP) is 5.07. The second kappa shape index (κ2) is 7.35. The molecule has 0 aromatic heterocycles. The number of amides is 1. The number of carbonyl (C=O) groups excluding carboxylic acids is 1. The van der Waals surface area contributed by atoms with Crippen molar-refractivity contribution in [2.24, 2.45) is 0 Å². The van der Waals surface area contributed by atoms with Gasteiger partial charge < -0.3 is 10.2 Å². The Balaban J connectivity index is 1.85. The molecule has 0 atom stereocenters. The highest BCUT2D eigenvalue weighted by Crippen LogP contribution is 2.36. The third-order valence-electron chi connectivity index (χ3n) is 4.91. The predicted molar refractivity (Wildman–Crippen MR) is 100.0 cm³/mol. The standard InChI is InChI=1S/C21H23F3N2O/c1-13(2)18-7-5-15(11-19(18)21(22,23)24)20(27)25-17-6-4-14-8-9-26(3)12-16(14)10-17/h4-7,10-11,13H,8-9,12H2,1-3H3,(H,25,27). The monoisotopic (exact) mass is 376 g/mol. The van der Waals surface area contributed by atoms with E-state index in [1.54, 1.807) is 19.9 Å². The molecule has 1 aliphatic heterocycles. The maximum atomic E-state index is 13.4. The van der Waals surface area contributed by atoms with Crippen molar-refractivity contribution in [2.45, 2.75) is 38.9 Å². The van der Waals surface area contributed by atoms with Crippen molar-refractivity contribution in [1.29, 1.82) is 0 Å². The van der Waals surface area contributed by atoms with Gasteiger partial charge >= 0.3 is 6.18 Å². The number of alkyl halides is 3. The van der Waals surface area contributed by atoms with Gasteiger partial charge in [-0.2, -0.15) is 13.2 Å². The number of halogens is 3. The molecular weight excluding hydrogens is 353 g/mol. The van der Waals surface area contributed by atoms with Crippen molar-refractivity contribution in [3.8, 4) is 0 Å². The smallest absolute Gasteiger partial charge is 0.322 e. The fraction of sp³-hybridized carbons (Fsp3) is 0.381. The zero-order chi connectivity index (χ0) is 19.8. The van der Waals surface area contributed by atoms with Crippen LogP contribution in [0.15, 0.2) is 36.4 Å². The lowest BCUT2D eigenvalue weighted by molar-refractivity contribution is -0.138. The third-order valence-corrected chi connectivity index (χ3v) is 4.91. The van der Waals surface area contributed by atoms with Gasteiger partial charge in [-0.25, -0.2) is 0 Å². The van der Waals surface area contributed by atoms with Crippen LogP contribution in [-0.2, 0) is 19.1 Å². The van der Waals surface area contributed by atoms with Gasteiger partial charge in [-0.05, 0) is 60.3 Å². The Bertz CT molecular complexity index is 859. The minimum Gasteiger partial charge on any atom is -0.322 e. The summed E-state index contributed by atoms with van der Waals surface area (Å²) in [4.78, 5) is 14.7. The molecule has 27 heavy (non-hydrogen) atoms. The lowest BCUT2D eigenvalue weighted by Crippen LogP contribution is -2.26. The Morgan fingerprint density at radius 2 is 1.85 bits per heavy atom. The van der Waals surface area contributed by atoms with Gasteiger partial charge in [0.05, 0.1) is 5.56 Å². The fourth-order valence-electron chi connectivity index (χ4n) is 3.43. The minimum atomic E-state index is -4.49. The van der Waals surface area contributed by atoms with Crippen LogP contribution in [0.1, 0.15) is 52.4 Å². The largest absolute Gasteiger partial charge is 0.416 e. The second-order valence-electron chi connectivity index (χ2n) is 7.38. The van der Waals surface area contributed by atoms with Crippen LogP contribution >= 0.6 is 0 Å². The summed E-state index contributed by atoms with van der Waals surface area (Å²) in [5.74, 6) is -0.823. The van der Waals surface area contributed by atoms with E-state index in [-0.39, 0.29) is 17.0 Å². The number of benzene rings is 2. The van der Waals surface area contributed by atoms with Gasteiger partial charge in [0.2, 0.25) is 0 Å². The second-order valence-corrected chi connectivity index (χ2v) is 7.38. The molecule has 3 rings (SSSR count). The molecule has 0 radical (unpaired) electrons. The molecule has 0 saturated heterocycles. The lowest BCUT2D eigenvalue weighted by Gasteiger charge is -2.25. The van der Waals surface area contributed by atoms with E-state index in [0.717, 1.165) is 31.1 Å². The zero-order valence-electron chi connectivity index (χ0n) is 15.7. The molecule has 0 aliphatic carbocycles. The van der Waals surface area contributed by atoms with Crippen LogP contribution in [0.5, 0.6) is 0 Å². The van der Waals surface area contributed by atoms with Crippen molar-refractivity contribution in [3.63, 3.8) is 0 Å². The number of hydrogen-bond acceptors (Lipinski definition) is 2. The van der Waals surface area contributed by atoms with Gasteiger partial charge in [-0.15, -0.1) is 0 Å². The van der Waals surface area contributed by atoms with Crippen molar-refractivity contribution in [3.05, 3.63) is 64.2 Å². The molecule has 3 nitrogen and oxygen atoms in total. The van der Waals surface area contributed by atoms with Gasteiger partial charge in [-0.3, -0.25) is 4.79 Å². The number of rotatable bonds is 3. The van der Waals surface area contributed by atoms with Gasteiger partial charge in [0, 0.05) is 24.3 Å². The molecular formula is C21H23F3N2O. The van der Waals surface area contributed by atoms with Crippen LogP contribution < -0.4 is 5.32 Å². The molecule has 2 aromatic carbocycles. The van der Waals surface area contributed by atoms with Crippen LogP contribution in [0, 0.1) is 0 Å². The number of likely N-dealkylation sites (N-methyl/N-ethyl adjacent to an activating group) is 1. The van der Waals surface area contributed by atoms with Crippen LogP contribution in [0.25, 0.3) is 0 Å². The molecule has 1 aliphatic rings. The SMILES string of the molecule is CC(C)c1ccc(C(=O)Nc2ccc3c(c2)CN(C)CC3)cc1C(F)(F)F. The Hall–Kier alpha value is -2.34. The quantitative estimate of drug-likeness (QED) is 0.811. The van der Waals surface area contributed by atoms with E-state index in [2.05, 4.69) is 10.2 Å². The Kier molecular flexibility index (Phi) is 5.29. The number of hydrogen-bond donors (Lipinski definition) is 1. The summed E-state index contributed by atoms with van der Waals surface area (Å²) in [7, 11) is 2.03. The van der Waals surface area contributed by atoms with Crippen LogP contribution in [0.2, 0.25) is 0 Å². The molecule has 0 bridgehead atoms. The molecule has 1 heterocycles. The van der Waals surface area contributed by atoms with Crippen LogP contribution in [-0.4, -0.2) is 24.4 Å². The third kappa shape index (κ3) is 4.33. The first-order valence-corrected chi connectivity index (χ1v) is 8.98. The molecule has 6 heteroatoms. The summed E-state index contributed by atoms with van der Waals surface area (Å²) < 4.78 is 40.1. The highest BCUT2D eigenvalue weighted by Gasteiger charge is 2.34. The molecule has 144 valence electrons. The molecule has 0 saturated carbocycles. The average Bonchev–Trinajstić information content (AvgIpc) is 2.60. The summed E-state index contributed by atoms with van der Waals surface area (Å²) in [5, 5.41) is 2.73. The highest BCUT2D eigenvalue weighted by atomic mass is 19.4. The Labute approximate surface area is 157 Å². The molecule has 1 amide bonds. The maximum Gasteiger partial charge on any atom is 0.416 e. The van der Waals surface area contributed by atoms with Gasteiger partial charge in [0.1, 0.15) is 0 Å². The highest BCUT2D eigenvalue weighted by molar-refractivity contribution is 6.04. The molecule has 0 fully saturated rings. The van der Waals surface area contributed by atoms with E-state index in [9.17, 15) is 18.0 Å². The first kappa shape index (κ1) is 19.4. The topological polar surface area (TPSA) is 32.3 Å². The van der Waals surface area contributed by atoms with Crippen molar-refractivity contribution < 1.29 is 18.0 Å². The summed E-state index contributed by atoms with van der Waals surface area (Å²) in [6, 6.07) is 9.46. The lowest BCUT2D eigenvalue weighted by atomic mass is 9.94. The van der Waals surface area contributed by atoms with E-state index in [0.29, 0.717) is 5.69 Å². The van der Waals surface area contributed by atoms with Crippen molar-refractivity contribution in [2.75, 3.05) is 18.9 Å². The number of anilines is 1. The number of carbonyl (C=O) groups is 1. The number of nitrogens with zero attached hydrogens (tertiary/aromatic N) is 1. The normalized spacial score (nSPS) is 14.9. The summed E-state index contributed by atoms with van der Waals surface area (Å²) in [6.45, 7) is 5.18. The first-order chi connectivity index (χ1) is 12.6. The van der Waals surface area contributed by atoms with E-state index in [1.807, 2.05) is 19.2 Å². The first-order valence-electron chi connectivity index (χ1n) is 8.98. The molecule has 2 aromatic rings. The van der Waals surface area contributed by atoms with Crippen molar-refractivity contribution in [1.82, 2.24) is 4.90 Å².